The van der Waals surface area contributed by atoms with Gasteiger partial charge in [-0.15, -0.1) is 0 Å². The monoisotopic (exact) mass is 202 g/mol. The van der Waals surface area contributed by atoms with Crippen molar-refractivity contribution in [2.75, 3.05) is 33.3 Å². The number of amides is 1. The summed E-state index contributed by atoms with van der Waals surface area (Å²) in [5.74, 6) is -1.12. The summed E-state index contributed by atoms with van der Waals surface area (Å²) in [5, 5.41) is 11.4. The number of rotatable bonds is 3. The molecule has 0 saturated carbocycles. The van der Waals surface area contributed by atoms with Crippen molar-refractivity contribution in [3.8, 4) is 0 Å². The fourth-order valence-electron chi connectivity index (χ4n) is 1.29. The van der Waals surface area contributed by atoms with Crippen molar-refractivity contribution in [3.05, 3.63) is 0 Å². The maximum absolute atomic E-state index is 11.4. The van der Waals surface area contributed by atoms with E-state index < -0.39 is 12.1 Å². The van der Waals surface area contributed by atoms with Gasteiger partial charge in [0.05, 0.1) is 19.7 Å². The van der Waals surface area contributed by atoms with Crippen LogP contribution in [0.5, 0.6) is 0 Å². The minimum Gasteiger partial charge on any atom is -0.479 e. The summed E-state index contributed by atoms with van der Waals surface area (Å²) >= 11 is 0. The summed E-state index contributed by atoms with van der Waals surface area (Å²) < 4.78 is 4.98. The third-order valence-corrected chi connectivity index (χ3v) is 2.02. The Morgan fingerprint density at radius 1 is 1.64 bits per heavy atom. The summed E-state index contributed by atoms with van der Waals surface area (Å²) in [5.41, 5.74) is 0. The predicted molar refractivity (Wildman–Crippen MR) is 47.9 cm³/mol. The molecule has 1 fully saturated rings. The van der Waals surface area contributed by atoms with Gasteiger partial charge in [0.15, 0.2) is 6.10 Å². The van der Waals surface area contributed by atoms with Crippen LogP contribution in [-0.2, 0) is 14.3 Å². The molecule has 6 heteroatoms. The number of carboxylic acid groups (broad SMARTS) is 1. The number of aliphatic carboxylic acids is 1. The molecule has 1 unspecified atom stereocenters. The average Bonchev–Trinajstić information content (AvgIpc) is 2.18. The Bertz CT molecular complexity index is 231. The highest BCUT2D eigenvalue weighted by Gasteiger charge is 2.28. The molecule has 0 radical (unpaired) electrons. The molecule has 1 amide bonds. The van der Waals surface area contributed by atoms with E-state index in [-0.39, 0.29) is 25.6 Å². The summed E-state index contributed by atoms with van der Waals surface area (Å²) in [6, 6.07) is 0. The number of nitrogens with zero attached hydrogens (tertiary/aromatic N) is 1. The van der Waals surface area contributed by atoms with Gasteiger partial charge in [-0.25, -0.2) is 4.79 Å². The Morgan fingerprint density at radius 2 is 2.36 bits per heavy atom. The van der Waals surface area contributed by atoms with Crippen LogP contribution >= 0.6 is 0 Å². The highest BCUT2D eigenvalue weighted by molar-refractivity contribution is 5.80. The van der Waals surface area contributed by atoms with Gasteiger partial charge in [-0.1, -0.05) is 0 Å². The van der Waals surface area contributed by atoms with Gasteiger partial charge >= 0.3 is 5.97 Å². The first-order valence-electron chi connectivity index (χ1n) is 4.42. The summed E-state index contributed by atoms with van der Waals surface area (Å²) in [6.45, 7) is 1.11. The van der Waals surface area contributed by atoms with Crippen molar-refractivity contribution >= 4 is 11.9 Å². The van der Waals surface area contributed by atoms with Crippen LogP contribution in [0.25, 0.3) is 0 Å². The van der Waals surface area contributed by atoms with Gasteiger partial charge < -0.3 is 20.1 Å². The number of carbonyl (C=O) groups excluding carboxylic acids is 1. The Balaban J connectivity index is 2.47. The fraction of sp³-hybridized carbons (Fsp3) is 0.750. The number of nitrogens with one attached hydrogen (secondary N) is 1. The highest BCUT2D eigenvalue weighted by Crippen LogP contribution is 2.05. The predicted octanol–water partition coefficient (Wildman–Crippen LogP) is -1.48. The molecule has 80 valence electrons. The molecule has 0 aromatic rings. The normalized spacial score (nSPS) is 22.1. The highest BCUT2D eigenvalue weighted by atomic mass is 16.5. The van der Waals surface area contributed by atoms with E-state index in [0.717, 1.165) is 0 Å². The van der Waals surface area contributed by atoms with E-state index in [0.29, 0.717) is 6.54 Å². The van der Waals surface area contributed by atoms with Crippen LogP contribution in [0.1, 0.15) is 0 Å². The SMILES string of the molecule is CNCC(=O)N1CCOC(C(=O)O)C1. The Labute approximate surface area is 81.8 Å². The van der Waals surface area contributed by atoms with E-state index >= 15 is 0 Å². The molecule has 1 rings (SSSR count). The minimum absolute atomic E-state index is 0.0953. The van der Waals surface area contributed by atoms with E-state index in [1.54, 1.807) is 7.05 Å². The average molecular weight is 202 g/mol. The second-order valence-electron chi connectivity index (χ2n) is 3.07. The van der Waals surface area contributed by atoms with Crippen LogP contribution in [0.4, 0.5) is 0 Å². The lowest BCUT2D eigenvalue weighted by molar-refractivity contribution is -0.159. The lowest BCUT2D eigenvalue weighted by Gasteiger charge is -2.30. The summed E-state index contributed by atoms with van der Waals surface area (Å²) in [6.07, 6.45) is -0.885. The van der Waals surface area contributed by atoms with Crippen molar-refractivity contribution in [1.29, 1.82) is 0 Å². The Hall–Kier alpha value is -1.14. The van der Waals surface area contributed by atoms with Gasteiger partial charge in [0.1, 0.15) is 0 Å². The number of carboxylic acids is 1. The van der Waals surface area contributed by atoms with Gasteiger partial charge in [0.25, 0.3) is 0 Å². The number of hydrogen-bond acceptors (Lipinski definition) is 4. The number of morpholine rings is 1. The van der Waals surface area contributed by atoms with E-state index in [1.807, 2.05) is 0 Å². The van der Waals surface area contributed by atoms with Crippen LogP contribution in [-0.4, -0.2) is 61.3 Å². The quantitative estimate of drug-likeness (QED) is 0.583. The van der Waals surface area contributed by atoms with E-state index in [1.165, 1.54) is 4.90 Å². The molecule has 1 aliphatic heterocycles. The zero-order valence-corrected chi connectivity index (χ0v) is 8.02. The first-order chi connectivity index (χ1) is 6.65. The molecule has 1 atom stereocenters. The van der Waals surface area contributed by atoms with Gasteiger partial charge in [-0.3, -0.25) is 4.79 Å². The van der Waals surface area contributed by atoms with Crippen molar-refractivity contribution in [2.24, 2.45) is 0 Å². The molecule has 2 N–H and O–H groups in total. The number of hydrogen-bond donors (Lipinski definition) is 2. The van der Waals surface area contributed by atoms with Crippen LogP contribution in [0.15, 0.2) is 0 Å². The van der Waals surface area contributed by atoms with Crippen molar-refractivity contribution in [3.63, 3.8) is 0 Å². The van der Waals surface area contributed by atoms with Crippen LogP contribution in [0.3, 0.4) is 0 Å². The number of likely N-dealkylation sites (N-methyl/N-ethyl adjacent to an activating group) is 1. The molecule has 0 spiro atoms. The van der Waals surface area contributed by atoms with Crippen LogP contribution < -0.4 is 5.32 Å². The maximum atomic E-state index is 11.4. The summed E-state index contributed by atoms with van der Waals surface area (Å²) in [7, 11) is 1.67. The third kappa shape index (κ3) is 2.68. The van der Waals surface area contributed by atoms with E-state index in [4.69, 9.17) is 9.84 Å². The van der Waals surface area contributed by atoms with Crippen LogP contribution in [0.2, 0.25) is 0 Å². The van der Waals surface area contributed by atoms with Gasteiger partial charge in [-0.2, -0.15) is 0 Å². The molecule has 0 bridgehead atoms. The second-order valence-corrected chi connectivity index (χ2v) is 3.07. The molecule has 1 saturated heterocycles. The molecular weight excluding hydrogens is 188 g/mol. The molecule has 1 heterocycles. The lowest BCUT2D eigenvalue weighted by atomic mass is 10.2. The zero-order chi connectivity index (χ0) is 10.6. The topological polar surface area (TPSA) is 78.9 Å². The Kier molecular flexibility index (Phi) is 3.84. The molecule has 1 aliphatic rings. The third-order valence-electron chi connectivity index (χ3n) is 2.02. The molecular formula is C8H14N2O4. The van der Waals surface area contributed by atoms with E-state index in [9.17, 15) is 9.59 Å². The van der Waals surface area contributed by atoms with Crippen molar-refractivity contribution in [1.82, 2.24) is 10.2 Å². The molecule has 6 nitrogen and oxygen atoms in total. The van der Waals surface area contributed by atoms with E-state index in [2.05, 4.69) is 5.32 Å². The zero-order valence-electron chi connectivity index (χ0n) is 8.02. The smallest absolute Gasteiger partial charge is 0.334 e. The lowest BCUT2D eigenvalue weighted by Crippen LogP contribution is -2.50. The minimum atomic E-state index is -1.02. The first kappa shape index (κ1) is 10.9. The first-order valence-corrected chi connectivity index (χ1v) is 4.42. The second kappa shape index (κ2) is 4.92. The number of carbonyl (C=O) groups is 2. The van der Waals surface area contributed by atoms with Gasteiger partial charge in [-0.05, 0) is 7.05 Å². The molecule has 0 aromatic carbocycles. The maximum Gasteiger partial charge on any atom is 0.334 e. The largest absolute Gasteiger partial charge is 0.479 e. The van der Waals surface area contributed by atoms with Crippen LogP contribution in [0, 0.1) is 0 Å². The van der Waals surface area contributed by atoms with Gasteiger partial charge in [0, 0.05) is 6.54 Å². The molecule has 0 aromatic heterocycles. The summed E-state index contributed by atoms with van der Waals surface area (Å²) in [4.78, 5) is 23.5. The number of ether oxygens (including phenoxy) is 1. The van der Waals surface area contributed by atoms with Crippen molar-refractivity contribution in [2.45, 2.75) is 6.10 Å². The van der Waals surface area contributed by atoms with Gasteiger partial charge in [0.2, 0.25) is 5.91 Å². The fourth-order valence-corrected chi connectivity index (χ4v) is 1.29. The molecule has 0 aliphatic carbocycles. The standard InChI is InChI=1S/C8H14N2O4/c1-9-4-7(11)10-2-3-14-6(5-10)8(12)13/h6,9H,2-5H2,1H3,(H,12,13). The molecule has 14 heavy (non-hydrogen) atoms. The Morgan fingerprint density at radius 3 is 2.93 bits per heavy atom. The van der Waals surface area contributed by atoms with Crippen molar-refractivity contribution < 1.29 is 19.4 Å².